The summed E-state index contributed by atoms with van der Waals surface area (Å²) in [5.74, 6) is 0. The van der Waals surface area contributed by atoms with Crippen molar-refractivity contribution in [2.45, 2.75) is 91.9 Å². The first-order chi connectivity index (χ1) is 17.7. The average Bonchev–Trinajstić information content (AvgIpc) is 3.72. The summed E-state index contributed by atoms with van der Waals surface area (Å²) in [5, 5.41) is 0. The van der Waals surface area contributed by atoms with E-state index in [0.29, 0.717) is 0 Å². The van der Waals surface area contributed by atoms with E-state index in [1.165, 1.54) is 55.2 Å². The fraction of sp³-hybridized carbons (Fsp3) is 0.389. The van der Waals surface area contributed by atoms with Gasteiger partial charge in [-0.3, -0.25) is 0 Å². The Morgan fingerprint density at radius 2 is 0.972 bits per heavy atom. The van der Waals surface area contributed by atoms with Crippen molar-refractivity contribution in [2.24, 2.45) is 0 Å². The van der Waals surface area contributed by atoms with Gasteiger partial charge in [0.2, 0.25) is 0 Å². The van der Waals surface area contributed by atoms with Crippen molar-refractivity contribution in [1.29, 1.82) is 0 Å². The predicted octanol–water partition coefficient (Wildman–Crippen LogP) is 11.5. The molecule has 0 spiro atoms. The molecule has 4 rings (SSSR count). The topological polar surface area (TPSA) is 0 Å². The van der Waals surface area contributed by atoms with E-state index in [2.05, 4.69) is 131 Å². The summed E-state index contributed by atoms with van der Waals surface area (Å²) in [6.45, 7) is 12.5. The predicted molar refractivity (Wildman–Crippen MR) is 167 cm³/mol. The first-order valence-corrected chi connectivity index (χ1v) is 14.1. The fourth-order valence-electron chi connectivity index (χ4n) is 3.24. The molecule has 0 amide bonds. The Hall–Kier alpha value is -2.86. The van der Waals surface area contributed by atoms with Crippen LogP contribution < -0.4 is 0 Å². The summed E-state index contributed by atoms with van der Waals surface area (Å²) in [7, 11) is 0. The summed E-state index contributed by atoms with van der Waals surface area (Å²) in [5.41, 5.74) is 3.98. The zero-order valence-electron chi connectivity index (χ0n) is 23.7. The summed E-state index contributed by atoms with van der Waals surface area (Å²) in [6.07, 6.45) is 31.6. The van der Waals surface area contributed by atoms with E-state index < -0.39 is 0 Å². The van der Waals surface area contributed by atoms with Gasteiger partial charge in [-0.05, 0) is 42.4 Å². The number of unbranched alkanes of at least 4 members (excludes halogenated alkanes) is 5. The molecule has 2 aliphatic rings. The van der Waals surface area contributed by atoms with Gasteiger partial charge in [0.25, 0.3) is 0 Å². The largest absolute Gasteiger partial charge is 0.0985 e. The minimum absolute atomic E-state index is 1.11. The molecule has 0 unspecified atom stereocenters. The quantitative estimate of drug-likeness (QED) is 0.327. The van der Waals surface area contributed by atoms with Crippen LogP contribution in [0.2, 0.25) is 0 Å². The molecule has 0 bridgehead atoms. The Kier molecular flexibility index (Phi) is 24.6. The van der Waals surface area contributed by atoms with Crippen LogP contribution >= 0.6 is 0 Å². The van der Waals surface area contributed by atoms with Gasteiger partial charge >= 0.3 is 0 Å². The molecule has 2 aromatic carbocycles. The highest BCUT2D eigenvalue weighted by Crippen LogP contribution is 2.05. The van der Waals surface area contributed by atoms with Gasteiger partial charge in [0.1, 0.15) is 0 Å². The van der Waals surface area contributed by atoms with Crippen LogP contribution in [-0.4, -0.2) is 0 Å². The van der Waals surface area contributed by atoms with Crippen LogP contribution in [0.3, 0.4) is 0 Å². The lowest BCUT2D eigenvalue weighted by Gasteiger charge is -1.95. The maximum Gasteiger partial charge on any atom is -0.0163 e. The lowest BCUT2D eigenvalue weighted by Crippen LogP contribution is -1.78. The molecule has 0 aliphatic heterocycles. The average molecular weight is 485 g/mol. The zero-order chi connectivity index (χ0) is 26.5. The molecule has 0 N–H and O–H groups in total. The molecule has 0 saturated heterocycles. The number of rotatable bonds is 8. The molecule has 2 aromatic rings. The number of benzene rings is 2. The van der Waals surface area contributed by atoms with Crippen molar-refractivity contribution in [3.63, 3.8) is 0 Å². The summed E-state index contributed by atoms with van der Waals surface area (Å²) in [4.78, 5) is 0. The van der Waals surface area contributed by atoms with Gasteiger partial charge in [-0.15, -0.1) is 0 Å². The van der Waals surface area contributed by atoms with Crippen LogP contribution in [0.15, 0.2) is 110 Å². The molecular formula is C36H52. The zero-order valence-corrected chi connectivity index (χ0v) is 23.7. The number of hydrogen-bond acceptors (Lipinski definition) is 0. The molecule has 0 nitrogen and oxygen atoms in total. The van der Waals surface area contributed by atoms with Crippen LogP contribution in [0.1, 0.15) is 95.8 Å². The van der Waals surface area contributed by atoms with Gasteiger partial charge < -0.3 is 0 Å². The molecule has 0 radical (unpaired) electrons. The second-order valence-electron chi connectivity index (χ2n) is 8.74. The van der Waals surface area contributed by atoms with Gasteiger partial charge in [-0.2, -0.15) is 0 Å². The summed E-state index contributed by atoms with van der Waals surface area (Å²) >= 11 is 0. The smallest absolute Gasteiger partial charge is 0.0163 e. The third-order valence-electron chi connectivity index (χ3n) is 5.64. The molecule has 0 aromatic heterocycles. The highest BCUT2D eigenvalue weighted by molar-refractivity contribution is 5.47. The molecule has 0 fully saturated rings. The van der Waals surface area contributed by atoms with Crippen molar-refractivity contribution in [2.75, 3.05) is 0 Å². The Balaban J connectivity index is 0.000000435. The van der Waals surface area contributed by atoms with Gasteiger partial charge in [0.05, 0.1) is 0 Å². The first-order valence-electron chi connectivity index (χ1n) is 14.1. The van der Waals surface area contributed by atoms with Crippen LogP contribution in [-0.2, 0) is 12.8 Å². The maximum atomic E-state index is 3.69. The van der Waals surface area contributed by atoms with Crippen molar-refractivity contribution >= 4 is 6.08 Å². The van der Waals surface area contributed by atoms with Crippen LogP contribution in [0.5, 0.6) is 0 Å². The van der Waals surface area contributed by atoms with E-state index in [4.69, 9.17) is 0 Å². The molecule has 0 saturated carbocycles. The number of aryl methyl sites for hydroxylation is 2. The van der Waals surface area contributed by atoms with E-state index in [0.717, 1.165) is 25.7 Å². The standard InChI is InChI=1S/C10H12.C8H10.C8H18.2C5H6/c1-3-9-5-7-10(4-2)8-6-9;1-2-8-6-4-3-5-7-8;1-3-5-7-8-6-4-2;2*1-2-4-5-3-1/h3,5-8H,1,4H2,2H3;3-7H,2H2,1H3;3-8H2,1-2H3;2*1-4H,5H2. The van der Waals surface area contributed by atoms with Crippen LogP contribution in [0.25, 0.3) is 6.08 Å². The Morgan fingerprint density at radius 1 is 0.556 bits per heavy atom. The number of allylic oxidation sites excluding steroid dienone is 8. The van der Waals surface area contributed by atoms with Crippen LogP contribution in [0.4, 0.5) is 0 Å². The van der Waals surface area contributed by atoms with Crippen molar-refractivity contribution < 1.29 is 0 Å². The van der Waals surface area contributed by atoms with Gasteiger partial charge in [0, 0.05) is 0 Å². The van der Waals surface area contributed by atoms with E-state index >= 15 is 0 Å². The molecule has 36 heavy (non-hydrogen) atoms. The van der Waals surface area contributed by atoms with Gasteiger partial charge in [0.15, 0.2) is 0 Å². The normalized spacial score (nSPS) is 11.7. The third-order valence-corrected chi connectivity index (χ3v) is 5.64. The first kappa shape index (κ1) is 33.1. The van der Waals surface area contributed by atoms with Crippen molar-refractivity contribution in [3.05, 3.63) is 126 Å². The molecule has 0 heteroatoms. The van der Waals surface area contributed by atoms with Gasteiger partial charge in [-0.1, -0.05) is 182 Å². The Bertz CT molecular complexity index is 783. The number of hydrogen-bond donors (Lipinski definition) is 0. The lowest BCUT2D eigenvalue weighted by atomic mass is 10.1. The minimum atomic E-state index is 1.11. The molecular weight excluding hydrogens is 432 g/mol. The summed E-state index contributed by atoms with van der Waals surface area (Å²) < 4.78 is 0. The van der Waals surface area contributed by atoms with E-state index in [9.17, 15) is 0 Å². The molecule has 196 valence electrons. The maximum absolute atomic E-state index is 3.69. The third kappa shape index (κ3) is 21.7. The van der Waals surface area contributed by atoms with Crippen molar-refractivity contribution in [3.8, 4) is 0 Å². The second kappa shape index (κ2) is 26.7. The highest BCUT2D eigenvalue weighted by Gasteiger charge is 1.86. The van der Waals surface area contributed by atoms with Crippen molar-refractivity contribution in [1.82, 2.24) is 0 Å². The monoisotopic (exact) mass is 484 g/mol. The Morgan fingerprint density at radius 3 is 1.25 bits per heavy atom. The molecule has 0 heterocycles. The molecule has 2 aliphatic carbocycles. The van der Waals surface area contributed by atoms with Gasteiger partial charge in [-0.25, -0.2) is 0 Å². The summed E-state index contributed by atoms with van der Waals surface area (Å²) in [6, 6.07) is 18.9. The highest BCUT2D eigenvalue weighted by atomic mass is 13.9. The molecule has 0 atom stereocenters. The van der Waals surface area contributed by atoms with E-state index in [-0.39, 0.29) is 0 Å². The van der Waals surface area contributed by atoms with Crippen LogP contribution in [0, 0.1) is 0 Å². The van der Waals surface area contributed by atoms with E-state index in [1.54, 1.807) is 0 Å². The fourth-order valence-corrected chi connectivity index (χ4v) is 3.24. The van der Waals surface area contributed by atoms with E-state index in [1.807, 2.05) is 12.1 Å². The second-order valence-corrected chi connectivity index (χ2v) is 8.74. The minimum Gasteiger partial charge on any atom is -0.0985 e. The Labute approximate surface area is 224 Å². The lowest BCUT2D eigenvalue weighted by molar-refractivity contribution is 0.624. The SMILES string of the molecule is C1=CCC=C1.C1=CCC=C1.C=Cc1ccc(CC)cc1.CCCCCCCC.CCc1ccccc1.